The normalized spacial score (nSPS) is 13.1. The second-order valence-electron chi connectivity index (χ2n) is 9.31. The molecular formula is C32H29FN2O4. The topological polar surface area (TPSA) is 59.1 Å². The average Bonchev–Trinajstić information content (AvgIpc) is 3.20. The van der Waals surface area contributed by atoms with Gasteiger partial charge in [0.15, 0.2) is 5.54 Å². The minimum Gasteiger partial charge on any atom is -0.491 e. The number of halogens is 1. The van der Waals surface area contributed by atoms with E-state index in [-0.39, 0.29) is 5.91 Å². The minimum atomic E-state index is -1.39. The zero-order valence-corrected chi connectivity index (χ0v) is 21.8. The van der Waals surface area contributed by atoms with Crippen LogP contribution in [-0.4, -0.2) is 39.2 Å². The summed E-state index contributed by atoms with van der Waals surface area (Å²) in [6, 6.07) is 30.1. The van der Waals surface area contributed by atoms with Gasteiger partial charge in [0.25, 0.3) is 5.91 Å². The third-order valence-corrected chi connectivity index (χ3v) is 7.05. The summed E-state index contributed by atoms with van der Waals surface area (Å²) >= 11 is 0. The Hall–Kier alpha value is -4.65. The van der Waals surface area contributed by atoms with Gasteiger partial charge in [-0.3, -0.25) is 4.79 Å². The zero-order valence-electron chi connectivity index (χ0n) is 21.8. The lowest BCUT2D eigenvalue weighted by atomic mass is 9.79. The summed E-state index contributed by atoms with van der Waals surface area (Å²) in [5.74, 6) is -0.692. The Morgan fingerprint density at radius 1 is 0.897 bits per heavy atom. The molecule has 1 aliphatic rings. The maximum Gasteiger partial charge on any atom is 0.337 e. The van der Waals surface area contributed by atoms with Gasteiger partial charge in [0.1, 0.15) is 11.6 Å². The smallest absolute Gasteiger partial charge is 0.337 e. The van der Waals surface area contributed by atoms with Crippen LogP contribution in [0.25, 0.3) is 0 Å². The predicted octanol–water partition coefficient (Wildman–Crippen LogP) is 5.81. The molecule has 1 heterocycles. The first-order valence-corrected chi connectivity index (χ1v) is 12.7. The van der Waals surface area contributed by atoms with E-state index in [4.69, 9.17) is 9.47 Å². The number of esters is 1. The van der Waals surface area contributed by atoms with E-state index in [1.165, 1.54) is 24.1 Å². The monoisotopic (exact) mass is 524 g/mol. The highest BCUT2D eigenvalue weighted by atomic mass is 19.1. The highest BCUT2D eigenvalue weighted by molar-refractivity contribution is 6.06. The Morgan fingerprint density at radius 2 is 1.56 bits per heavy atom. The van der Waals surface area contributed by atoms with E-state index >= 15 is 4.79 Å². The lowest BCUT2D eigenvalue weighted by molar-refractivity contribution is -0.122. The van der Waals surface area contributed by atoms with Gasteiger partial charge in [-0.15, -0.1) is 0 Å². The van der Waals surface area contributed by atoms with Gasteiger partial charge in [0.05, 0.1) is 25.0 Å². The first kappa shape index (κ1) is 26.0. The number of carbonyl (C=O) groups is 2. The van der Waals surface area contributed by atoms with E-state index in [0.29, 0.717) is 53.4 Å². The molecular weight excluding hydrogens is 495 g/mol. The van der Waals surface area contributed by atoms with Crippen molar-refractivity contribution in [3.63, 3.8) is 0 Å². The van der Waals surface area contributed by atoms with Crippen molar-refractivity contribution in [3.8, 4) is 5.75 Å². The van der Waals surface area contributed by atoms with Crippen molar-refractivity contribution in [3.05, 3.63) is 126 Å². The van der Waals surface area contributed by atoms with E-state index < -0.39 is 17.3 Å². The first-order valence-electron chi connectivity index (χ1n) is 12.7. The number of ether oxygens (including phenoxy) is 2. The fourth-order valence-electron chi connectivity index (χ4n) is 5.22. The SMILES string of the molecule is COC(=O)c1cccc(N(C)C(=O)C(c2ccccc2)(c2ccccc2)N2CCCOc3ccc(F)cc32)c1. The van der Waals surface area contributed by atoms with Gasteiger partial charge in [-0.2, -0.15) is 0 Å². The Balaban J connectivity index is 1.79. The summed E-state index contributed by atoms with van der Waals surface area (Å²) in [5.41, 5.74) is 1.38. The molecule has 0 radical (unpaired) electrons. The number of anilines is 2. The van der Waals surface area contributed by atoms with Gasteiger partial charge >= 0.3 is 5.97 Å². The van der Waals surface area contributed by atoms with Gasteiger partial charge in [-0.1, -0.05) is 66.7 Å². The Morgan fingerprint density at radius 3 is 2.21 bits per heavy atom. The molecule has 4 aromatic carbocycles. The molecule has 7 heteroatoms. The van der Waals surface area contributed by atoms with Crippen molar-refractivity contribution >= 4 is 23.3 Å². The van der Waals surface area contributed by atoms with Crippen LogP contribution in [0.4, 0.5) is 15.8 Å². The lowest BCUT2D eigenvalue weighted by Gasteiger charge is -2.46. The van der Waals surface area contributed by atoms with Crippen LogP contribution in [0, 0.1) is 5.82 Å². The number of methoxy groups -OCH3 is 1. The molecule has 0 saturated carbocycles. The van der Waals surface area contributed by atoms with Gasteiger partial charge in [0.2, 0.25) is 0 Å². The van der Waals surface area contributed by atoms with E-state index in [0.717, 1.165) is 0 Å². The van der Waals surface area contributed by atoms with Gasteiger partial charge in [-0.25, -0.2) is 9.18 Å². The molecule has 0 N–H and O–H groups in total. The number of nitrogens with zero attached hydrogens (tertiary/aromatic N) is 2. The molecule has 0 fully saturated rings. The molecule has 0 atom stereocenters. The van der Waals surface area contributed by atoms with Crippen molar-refractivity contribution in [2.24, 2.45) is 0 Å². The van der Waals surface area contributed by atoms with Crippen LogP contribution in [-0.2, 0) is 15.1 Å². The van der Waals surface area contributed by atoms with Gasteiger partial charge < -0.3 is 19.3 Å². The summed E-state index contributed by atoms with van der Waals surface area (Å²) in [5, 5.41) is 0. The molecule has 0 aromatic heterocycles. The number of likely N-dealkylation sites (N-methyl/N-ethyl adjacent to an activating group) is 1. The first-order chi connectivity index (χ1) is 19.0. The Kier molecular flexibility index (Phi) is 7.32. The molecule has 0 aliphatic carbocycles. The quantitative estimate of drug-likeness (QED) is 0.298. The molecule has 5 rings (SSSR count). The maximum atomic E-state index is 15.1. The van der Waals surface area contributed by atoms with Gasteiger partial charge in [0, 0.05) is 25.3 Å². The van der Waals surface area contributed by atoms with Crippen molar-refractivity contribution in [2.75, 3.05) is 37.1 Å². The van der Waals surface area contributed by atoms with Crippen molar-refractivity contribution in [1.82, 2.24) is 0 Å². The molecule has 39 heavy (non-hydrogen) atoms. The number of amides is 1. The third kappa shape index (κ3) is 4.72. The van der Waals surface area contributed by atoms with Crippen molar-refractivity contribution in [2.45, 2.75) is 12.0 Å². The largest absolute Gasteiger partial charge is 0.491 e. The summed E-state index contributed by atoms with van der Waals surface area (Å²) in [4.78, 5) is 30.8. The van der Waals surface area contributed by atoms with Crippen LogP contribution in [0.1, 0.15) is 27.9 Å². The second kappa shape index (κ2) is 11.0. The zero-order chi connectivity index (χ0) is 27.4. The van der Waals surface area contributed by atoms with Crippen LogP contribution >= 0.6 is 0 Å². The number of rotatable bonds is 6. The van der Waals surface area contributed by atoms with Crippen LogP contribution < -0.4 is 14.5 Å². The number of hydrogen-bond acceptors (Lipinski definition) is 5. The van der Waals surface area contributed by atoms with Crippen LogP contribution in [0.2, 0.25) is 0 Å². The number of fused-ring (bicyclic) bond motifs is 1. The fourth-order valence-corrected chi connectivity index (χ4v) is 5.22. The maximum absolute atomic E-state index is 15.1. The molecule has 0 unspecified atom stereocenters. The number of hydrogen-bond donors (Lipinski definition) is 0. The molecule has 1 amide bonds. The highest BCUT2D eigenvalue weighted by Gasteiger charge is 2.50. The second-order valence-corrected chi connectivity index (χ2v) is 9.31. The number of carbonyl (C=O) groups excluding carboxylic acids is 2. The molecule has 198 valence electrons. The molecule has 6 nitrogen and oxygen atoms in total. The van der Waals surface area contributed by atoms with Crippen molar-refractivity contribution < 1.29 is 23.5 Å². The lowest BCUT2D eigenvalue weighted by Crippen LogP contribution is -2.58. The molecule has 0 bridgehead atoms. The molecule has 4 aromatic rings. The highest BCUT2D eigenvalue weighted by Crippen LogP contribution is 2.45. The van der Waals surface area contributed by atoms with E-state index in [1.807, 2.05) is 65.6 Å². The van der Waals surface area contributed by atoms with E-state index in [2.05, 4.69) is 0 Å². The third-order valence-electron chi connectivity index (χ3n) is 7.05. The van der Waals surface area contributed by atoms with Crippen molar-refractivity contribution in [1.29, 1.82) is 0 Å². The Labute approximate surface area is 227 Å². The molecule has 0 spiro atoms. The fraction of sp³-hybridized carbons (Fsp3) is 0.188. The predicted molar refractivity (Wildman–Crippen MR) is 149 cm³/mol. The number of benzene rings is 4. The van der Waals surface area contributed by atoms with E-state index in [1.54, 1.807) is 37.4 Å². The molecule has 1 aliphatic heterocycles. The minimum absolute atomic E-state index is 0.279. The molecule has 0 saturated heterocycles. The van der Waals surface area contributed by atoms with Crippen LogP contribution in [0.3, 0.4) is 0 Å². The summed E-state index contributed by atoms with van der Waals surface area (Å²) in [6.07, 6.45) is 0.618. The summed E-state index contributed by atoms with van der Waals surface area (Å²) < 4.78 is 25.6. The summed E-state index contributed by atoms with van der Waals surface area (Å²) in [7, 11) is 3.00. The van der Waals surface area contributed by atoms with Crippen LogP contribution in [0.5, 0.6) is 5.75 Å². The average molecular weight is 525 g/mol. The summed E-state index contributed by atoms with van der Waals surface area (Å²) in [6.45, 7) is 0.863. The standard InChI is InChI=1S/C32H29FN2O4/c1-34(27-16-9-11-23(21-27)30(36)38-2)31(37)32(24-12-5-3-6-13-24,25-14-7-4-8-15-25)35-19-10-20-39-29-18-17-26(33)22-28(29)35/h3-9,11-18,21-22H,10,19-20H2,1-2H3. The van der Waals surface area contributed by atoms with Gasteiger partial charge in [-0.05, 0) is 47.9 Å². The van der Waals surface area contributed by atoms with E-state index in [9.17, 15) is 9.18 Å². The Bertz CT molecular complexity index is 1440. The van der Waals surface area contributed by atoms with Crippen LogP contribution in [0.15, 0.2) is 103 Å².